The minimum absolute atomic E-state index is 0.0766. The summed E-state index contributed by atoms with van der Waals surface area (Å²) in [5.41, 5.74) is 1.63. The van der Waals surface area contributed by atoms with E-state index in [1.165, 1.54) is 0 Å². The van der Waals surface area contributed by atoms with Crippen molar-refractivity contribution >= 4 is 17.6 Å². The Morgan fingerprint density at radius 2 is 1.93 bits per heavy atom. The molecule has 1 unspecified atom stereocenters. The number of carboxylic acids is 1. The summed E-state index contributed by atoms with van der Waals surface area (Å²) in [6, 6.07) is 15.1. The smallest absolute Gasteiger partial charge is 0.303 e. The third kappa shape index (κ3) is 5.72. The molecule has 2 aromatic rings. The van der Waals surface area contributed by atoms with Crippen LogP contribution >= 0.6 is 11.6 Å². The second kappa shape index (κ2) is 10.4. The molecule has 5 nitrogen and oxygen atoms in total. The Morgan fingerprint density at radius 1 is 1.23 bits per heavy atom. The normalized spacial score (nSPS) is 21.5. The van der Waals surface area contributed by atoms with Crippen molar-refractivity contribution in [1.29, 1.82) is 0 Å². The topological polar surface area (TPSA) is 65.0 Å². The molecule has 1 aliphatic rings. The summed E-state index contributed by atoms with van der Waals surface area (Å²) < 4.78 is 18.2. The van der Waals surface area contributed by atoms with Crippen molar-refractivity contribution in [3.05, 3.63) is 89.2 Å². The Labute approximate surface area is 181 Å². The van der Waals surface area contributed by atoms with Crippen LogP contribution in [0.25, 0.3) is 0 Å². The van der Waals surface area contributed by atoms with Crippen LogP contribution in [0.2, 0.25) is 5.02 Å². The molecule has 0 saturated carbocycles. The molecule has 0 aliphatic carbocycles. The fraction of sp³-hybridized carbons (Fsp3) is 0.292. The molecule has 3 atom stereocenters. The monoisotopic (exact) mass is 428 g/mol. The van der Waals surface area contributed by atoms with E-state index in [9.17, 15) is 4.79 Å². The van der Waals surface area contributed by atoms with Gasteiger partial charge in [0, 0.05) is 28.5 Å². The van der Waals surface area contributed by atoms with Crippen LogP contribution in [0, 0.1) is 5.92 Å². The predicted octanol–water partition coefficient (Wildman–Crippen LogP) is 6.08. The van der Waals surface area contributed by atoms with Gasteiger partial charge in [0.15, 0.2) is 6.29 Å². The molecular weight excluding hydrogens is 404 g/mol. The van der Waals surface area contributed by atoms with Gasteiger partial charge in [-0.05, 0) is 25.5 Å². The van der Waals surface area contributed by atoms with Crippen LogP contribution < -0.4 is 4.74 Å². The van der Waals surface area contributed by atoms with Crippen LogP contribution in [0.4, 0.5) is 0 Å². The zero-order valence-electron chi connectivity index (χ0n) is 16.8. The Morgan fingerprint density at radius 3 is 2.63 bits per heavy atom. The van der Waals surface area contributed by atoms with E-state index in [2.05, 4.69) is 6.58 Å². The molecule has 0 aromatic heterocycles. The summed E-state index contributed by atoms with van der Waals surface area (Å²) in [6.45, 7) is 6.02. The first-order chi connectivity index (χ1) is 14.5. The second-order valence-electron chi connectivity index (χ2n) is 7.11. The lowest BCUT2D eigenvalue weighted by atomic mass is 9.93. The maximum atomic E-state index is 10.8. The van der Waals surface area contributed by atoms with Gasteiger partial charge in [0.25, 0.3) is 0 Å². The van der Waals surface area contributed by atoms with Gasteiger partial charge in [0.1, 0.15) is 5.75 Å². The number of halogens is 1. The Kier molecular flexibility index (Phi) is 7.69. The molecule has 6 heteroatoms. The van der Waals surface area contributed by atoms with Crippen LogP contribution in [-0.2, 0) is 14.3 Å². The number of rotatable bonds is 8. The highest BCUT2D eigenvalue weighted by molar-refractivity contribution is 6.31. The van der Waals surface area contributed by atoms with Gasteiger partial charge in [0.2, 0.25) is 0 Å². The fourth-order valence-corrected chi connectivity index (χ4v) is 3.55. The molecular formula is C24H25ClO5. The largest absolute Gasteiger partial charge is 0.481 e. The minimum Gasteiger partial charge on any atom is -0.481 e. The third-order valence-electron chi connectivity index (χ3n) is 4.68. The summed E-state index contributed by atoms with van der Waals surface area (Å²) in [5, 5.41) is 9.44. The van der Waals surface area contributed by atoms with Crippen LogP contribution in [-0.4, -0.2) is 17.7 Å². The van der Waals surface area contributed by atoms with E-state index in [0.29, 0.717) is 29.6 Å². The second-order valence-corrected chi connectivity index (χ2v) is 7.52. The molecule has 3 rings (SSSR count). The average Bonchev–Trinajstić information content (AvgIpc) is 2.72. The number of carbonyl (C=O) groups is 1. The molecule has 0 amide bonds. The van der Waals surface area contributed by atoms with Gasteiger partial charge >= 0.3 is 5.97 Å². The maximum absolute atomic E-state index is 10.8. The van der Waals surface area contributed by atoms with Crippen molar-refractivity contribution in [1.82, 2.24) is 0 Å². The SMILES string of the molecule is C=C(C)Oc1ccccc1[C@H]1O[C@@H](c2ccccc2Cl)OCC1C=CCCC(=O)O. The van der Waals surface area contributed by atoms with E-state index in [0.717, 1.165) is 11.1 Å². The minimum atomic E-state index is -0.827. The van der Waals surface area contributed by atoms with Crippen molar-refractivity contribution in [2.24, 2.45) is 5.92 Å². The number of hydrogen-bond donors (Lipinski definition) is 1. The summed E-state index contributed by atoms with van der Waals surface area (Å²) in [4.78, 5) is 10.8. The van der Waals surface area contributed by atoms with E-state index < -0.39 is 12.3 Å². The quantitative estimate of drug-likeness (QED) is 0.408. The highest BCUT2D eigenvalue weighted by Crippen LogP contribution is 2.43. The third-order valence-corrected chi connectivity index (χ3v) is 5.02. The summed E-state index contributed by atoms with van der Waals surface area (Å²) in [6.07, 6.45) is 3.34. The summed E-state index contributed by atoms with van der Waals surface area (Å²) >= 11 is 6.35. The fourth-order valence-electron chi connectivity index (χ4n) is 3.32. The van der Waals surface area contributed by atoms with E-state index in [1.807, 2.05) is 54.6 Å². The highest BCUT2D eigenvalue weighted by Gasteiger charge is 2.35. The van der Waals surface area contributed by atoms with Crippen LogP contribution in [0.5, 0.6) is 5.75 Å². The standard InChI is InChI=1S/C24H25ClO5/c1-16(2)29-21-13-7-5-11-19(21)23-17(9-3-8-14-22(26)27)15-28-24(30-23)18-10-4-6-12-20(18)25/h3-7,9-13,17,23-24H,1,8,14-15H2,2H3,(H,26,27)/t17?,23-,24-/m0/s1. The van der Waals surface area contributed by atoms with Gasteiger partial charge in [-0.2, -0.15) is 0 Å². The molecule has 0 bridgehead atoms. The number of para-hydroxylation sites is 1. The molecule has 0 spiro atoms. The average molecular weight is 429 g/mol. The van der Waals surface area contributed by atoms with Crippen molar-refractivity contribution in [3.8, 4) is 5.75 Å². The lowest BCUT2D eigenvalue weighted by molar-refractivity contribution is -0.236. The van der Waals surface area contributed by atoms with Gasteiger partial charge in [0.05, 0.1) is 18.5 Å². The van der Waals surface area contributed by atoms with Gasteiger partial charge in [-0.1, -0.05) is 66.7 Å². The highest BCUT2D eigenvalue weighted by atomic mass is 35.5. The first-order valence-electron chi connectivity index (χ1n) is 9.78. The molecule has 158 valence electrons. The molecule has 1 fully saturated rings. The summed E-state index contributed by atoms with van der Waals surface area (Å²) in [7, 11) is 0. The van der Waals surface area contributed by atoms with Crippen molar-refractivity contribution in [2.75, 3.05) is 6.61 Å². The molecule has 1 aliphatic heterocycles. The lowest BCUT2D eigenvalue weighted by Crippen LogP contribution is -2.30. The zero-order valence-corrected chi connectivity index (χ0v) is 17.5. The van der Waals surface area contributed by atoms with Gasteiger partial charge in [-0.15, -0.1) is 0 Å². The number of benzene rings is 2. The van der Waals surface area contributed by atoms with Crippen LogP contribution in [0.1, 0.15) is 43.3 Å². The maximum Gasteiger partial charge on any atom is 0.303 e. The van der Waals surface area contributed by atoms with E-state index in [4.69, 9.17) is 30.9 Å². The van der Waals surface area contributed by atoms with E-state index in [-0.39, 0.29) is 18.4 Å². The predicted molar refractivity (Wildman–Crippen MR) is 115 cm³/mol. The Balaban J connectivity index is 1.90. The van der Waals surface area contributed by atoms with Gasteiger partial charge in [-0.25, -0.2) is 0 Å². The van der Waals surface area contributed by atoms with Crippen molar-refractivity contribution in [2.45, 2.75) is 32.2 Å². The molecule has 1 N–H and O–H groups in total. The van der Waals surface area contributed by atoms with E-state index >= 15 is 0 Å². The summed E-state index contributed by atoms with van der Waals surface area (Å²) in [5.74, 6) is 0.295. The molecule has 30 heavy (non-hydrogen) atoms. The number of hydrogen-bond acceptors (Lipinski definition) is 4. The zero-order chi connectivity index (χ0) is 21.5. The molecule has 0 radical (unpaired) electrons. The molecule has 2 aromatic carbocycles. The lowest BCUT2D eigenvalue weighted by Gasteiger charge is -2.36. The van der Waals surface area contributed by atoms with Crippen LogP contribution in [0.15, 0.2) is 73.0 Å². The van der Waals surface area contributed by atoms with E-state index in [1.54, 1.807) is 13.0 Å². The first kappa shape index (κ1) is 22.1. The number of carboxylic acid groups (broad SMARTS) is 1. The number of allylic oxidation sites excluding steroid dienone is 2. The molecule has 1 saturated heterocycles. The van der Waals surface area contributed by atoms with Crippen molar-refractivity contribution in [3.63, 3.8) is 0 Å². The molecule has 1 heterocycles. The number of ether oxygens (including phenoxy) is 3. The Bertz CT molecular complexity index is 923. The van der Waals surface area contributed by atoms with Gasteiger partial charge < -0.3 is 19.3 Å². The van der Waals surface area contributed by atoms with Crippen molar-refractivity contribution < 1.29 is 24.1 Å². The number of aliphatic carboxylic acids is 1. The first-order valence-corrected chi connectivity index (χ1v) is 10.2. The van der Waals surface area contributed by atoms with Crippen LogP contribution in [0.3, 0.4) is 0 Å². The Hall–Kier alpha value is -2.60. The van der Waals surface area contributed by atoms with Gasteiger partial charge in [-0.3, -0.25) is 4.79 Å².